The Kier molecular flexibility index (Phi) is 9.81. The molecule has 1 rings (SSSR count). The third kappa shape index (κ3) is 8.04. The second kappa shape index (κ2) is 11.8. The maximum absolute atomic E-state index is 12.0. The number of hydrogen-bond acceptors (Lipinski definition) is 6. The molecule has 148 valence electrons. The molecule has 0 aliphatic carbocycles. The molecular weight excluding hydrogens is 370 g/mol. The fourth-order valence-electron chi connectivity index (χ4n) is 2.19. The Morgan fingerprint density at radius 3 is 2.33 bits per heavy atom. The molecule has 0 aliphatic rings. The third-order valence-electron chi connectivity index (χ3n) is 3.64. The van der Waals surface area contributed by atoms with Crippen LogP contribution < -0.4 is 16.0 Å². The zero-order chi connectivity index (χ0) is 20.2. The van der Waals surface area contributed by atoms with Gasteiger partial charge in [-0.3, -0.25) is 4.79 Å². The minimum Gasteiger partial charge on any atom is -0.467 e. The van der Waals surface area contributed by atoms with Gasteiger partial charge in [0.05, 0.1) is 26.3 Å². The lowest BCUT2D eigenvalue weighted by molar-refractivity contribution is -0.145. The van der Waals surface area contributed by atoms with Crippen molar-refractivity contribution in [1.82, 2.24) is 10.6 Å². The van der Waals surface area contributed by atoms with E-state index in [9.17, 15) is 14.4 Å². The lowest BCUT2D eigenvalue weighted by atomic mass is 10.1. The van der Waals surface area contributed by atoms with Gasteiger partial charge >= 0.3 is 11.9 Å². The van der Waals surface area contributed by atoms with Crippen LogP contribution in [0.5, 0.6) is 0 Å². The molecule has 0 fully saturated rings. The minimum atomic E-state index is -0.670. The van der Waals surface area contributed by atoms with Gasteiger partial charge in [-0.05, 0) is 42.9 Å². The van der Waals surface area contributed by atoms with Gasteiger partial charge in [0, 0.05) is 5.69 Å². The Bertz CT molecular complexity index is 663. The molecule has 1 unspecified atom stereocenters. The molecule has 0 saturated carbocycles. The highest BCUT2D eigenvalue weighted by molar-refractivity contribution is 7.80. The van der Waals surface area contributed by atoms with E-state index < -0.39 is 18.0 Å². The highest BCUT2D eigenvalue weighted by atomic mass is 32.1. The van der Waals surface area contributed by atoms with E-state index in [1.165, 1.54) is 14.2 Å². The van der Waals surface area contributed by atoms with Crippen LogP contribution in [0.1, 0.15) is 36.5 Å². The molecule has 8 nitrogen and oxygen atoms in total. The fourth-order valence-corrected chi connectivity index (χ4v) is 2.38. The Labute approximate surface area is 164 Å². The smallest absolute Gasteiger partial charge is 0.337 e. The van der Waals surface area contributed by atoms with Crippen molar-refractivity contribution in [3.05, 3.63) is 29.8 Å². The summed E-state index contributed by atoms with van der Waals surface area (Å²) in [4.78, 5) is 35.1. The number of benzene rings is 1. The van der Waals surface area contributed by atoms with Crippen LogP contribution in [-0.4, -0.2) is 49.8 Å². The van der Waals surface area contributed by atoms with E-state index in [-0.39, 0.29) is 17.6 Å². The van der Waals surface area contributed by atoms with Crippen LogP contribution in [0.3, 0.4) is 0 Å². The lowest BCUT2D eigenvalue weighted by Gasteiger charge is -2.17. The predicted octanol–water partition coefficient (Wildman–Crippen LogP) is 1.61. The summed E-state index contributed by atoms with van der Waals surface area (Å²) in [6, 6.07) is 5.85. The molecule has 0 bridgehead atoms. The molecule has 27 heavy (non-hydrogen) atoms. The average molecular weight is 395 g/mol. The van der Waals surface area contributed by atoms with Gasteiger partial charge in [-0.25, -0.2) is 9.59 Å². The first-order valence-corrected chi connectivity index (χ1v) is 8.92. The van der Waals surface area contributed by atoms with Crippen molar-refractivity contribution in [2.45, 2.75) is 32.2 Å². The van der Waals surface area contributed by atoms with E-state index in [1.54, 1.807) is 24.3 Å². The third-order valence-corrected chi connectivity index (χ3v) is 3.89. The zero-order valence-corrected chi connectivity index (χ0v) is 16.5. The maximum Gasteiger partial charge on any atom is 0.337 e. The highest BCUT2D eigenvalue weighted by Crippen LogP contribution is 2.10. The van der Waals surface area contributed by atoms with Gasteiger partial charge in [-0.1, -0.05) is 19.8 Å². The summed E-state index contributed by atoms with van der Waals surface area (Å²) in [5.41, 5.74) is 1.07. The molecule has 0 saturated heterocycles. The van der Waals surface area contributed by atoms with E-state index in [2.05, 4.69) is 20.7 Å². The number of carbonyl (C=O) groups excluding carboxylic acids is 3. The number of rotatable bonds is 9. The monoisotopic (exact) mass is 395 g/mol. The summed E-state index contributed by atoms with van der Waals surface area (Å²) in [7, 11) is 2.60. The zero-order valence-electron chi connectivity index (χ0n) is 15.7. The van der Waals surface area contributed by atoms with Crippen LogP contribution in [0, 0.1) is 0 Å². The number of esters is 2. The van der Waals surface area contributed by atoms with Crippen LogP contribution >= 0.6 is 12.2 Å². The summed E-state index contributed by atoms with van der Waals surface area (Å²) in [5, 5.41) is 8.53. The number of ether oxygens (including phenoxy) is 2. The number of carbonyl (C=O) groups is 3. The largest absolute Gasteiger partial charge is 0.467 e. The SMILES string of the molecule is CCCCC(NC(=O)CNC(=S)Nc1ccc(C(=O)OC)cc1)C(=O)OC. The van der Waals surface area contributed by atoms with Gasteiger partial charge in [0.1, 0.15) is 6.04 Å². The molecular formula is C18H25N3O5S. The molecule has 1 aromatic carbocycles. The lowest BCUT2D eigenvalue weighted by Crippen LogP contribution is -2.46. The van der Waals surface area contributed by atoms with E-state index in [0.29, 0.717) is 17.7 Å². The number of anilines is 1. The van der Waals surface area contributed by atoms with Gasteiger partial charge in [0.15, 0.2) is 5.11 Å². The first-order chi connectivity index (χ1) is 12.9. The average Bonchev–Trinajstić information content (AvgIpc) is 2.68. The van der Waals surface area contributed by atoms with Gasteiger partial charge < -0.3 is 25.4 Å². The number of unbranched alkanes of at least 4 members (excludes halogenated alkanes) is 1. The number of thiocarbonyl (C=S) groups is 1. The van der Waals surface area contributed by atoms with E-state index >= 15 is 0 Å². The maximum atomic E-state index is 12.0. The molecule has 1 aromatic rings. The van der Waals surface area contributed by atoms with Gasteiger partial charge in [0.2, 0.25) is 5.91 Å². The number of amides is 1. The van der Waals surface area contributed by atoms with Crippen molar-refractivity contribution in [3.63, 3.8) is 0 Å². The van der Waals surface area contributed by atoms with Crippen molar-refractivity contribution < 1.29 is 23.9 Å². The van der Waals surface area contributed by atoms with E-state index in [1.807, 2.05) is 6.92 Å². The van der Waals surface area contributed by atoms with Crippen LogP contribution in [0.4, 0.5) is 5.69 Å². The summed E-state index contributed by atoms with van der Waals surface area (Å²) < 4.78 is 9.33. The summed E-state index contributed by atoms with van der Waals surface area (Å²) in [6.45, 7) is 1.91. The topological polar surface area (TPSA) is 106 Å². The van der Waals surface area contributed by atoms with Gasteiger partial charge in [-0.15, -0.1) is 0 Å². The molecule has 0 radical (unpaired) electrons. The van der Waals surface area contributed by atoms with Crippen LogP contribution in [-0.2, 0) is 19.1 Å². The molecule has 9 heteroatoms. The molecule has 0 heterocycles. The fraction of sp³-hybridized carbons (Fsp3) is 0.444. The standard InChI is InChI=1S/C18H25N3O5S/c1-4-5-6-14(17(24)26-3)21-15(22)11-19-18(27)20-13-9-7-12(8-10-13)16(23)25-2/h7-10,14H,4-6,11H2,1-3H3,(H,21,22)(H2,19,20,27). The Hall–Kier alpha value is -2.68. The van der Waals surface area contributed by atoms with Gasteiger partial charge in [-0.2, -0.15) is 0 Å². The van der Waals surface area contributed by atoms with Crippen LogP contribution in [0.25, 0.3) is 0 Å². The molecule has 3 N–H and O–H groups in total. The molecule has 0 aromatic heterocycles. The molecule has 1 amide bonds. The quantitative estimate of drug-likeness (QED) is 0.428. The van der Waals surface area contributed by atoms with Crippen molar-refractivity contribution >= 4 is 40.9 Å². The van der Waals surface area contributed by atoms with Crippen molar-refractivity contribution in [1.29, 1.82) is 0 Å². The molecule has 0 aliphatic heterocycles. The number of methoxy groups -OCH3 is 2. The van der Waals surface area contributed by atoms with Crippen molar-refractivity contribution in [2.75, 3.05) is 26.1 Å². The second-order valence-corrected chi connectivity index (χ2v) is 6.07. The Morgan fingerprint density at radius 2 is 1.78 bits per heavy atom. The molecule has 0 spiro atoms. The first kappa shape index (κ1) is 22.4. The van der Waals surface area contributed by atoms with E-state index in [0.717, 1.165) is 12.8 Å². The Morgan fingerprint density at radius 1 is 1.11 bits per heavy atom. The Balaban J connectivity index is 2.47. The summed E-state index contributed by atoms with van der Waals surface area (Å²) in [6.07, 6.45) is 2.23. The highest BCUT2D eigenvalue weighted by Gasteiger charge is 2.20. The van der Waals surface area contributed by atoms with Crippen molar-refractivity contribution in [3.8, 4) is 0 Å². The first-order valence-electron chi connectivity index (χ1n) is 8.51. The summed E-state index contributed by atoms with van der Waals surface area (Å²) in [5.74, 6) is -1.27. The van der Waals surface area contributed by atoms with Crippen LogP contribution in [0.2, 0.25) is 0 Å². The number of nitrogens with one attached hydrogen (secondary N) is 3. The second-order valence-electron chi connectivity index (χ2n) is 5.66. The van der Waals surface area contributed by atoms with E-state index in [4.69, 9.17) is 17.0 Å². The number of hydrogen-bond donors (Lipinski definition) is 3. The molecule has 1 atom stereocenters. The minimum absolute atomic E-state index is 0.0916. The van der Waals surface area contributed by atoms with Gasteiger partial charge in [0.25, 0.3) is 0 Å². The van der Waals surface area contributed by atoms with Crippen molar-refractivity contribution in [2.24, 2.45) is 0 Å². The summed E-state index contributed by atoms with van der Waals surface area (Å²) >= 11 is 5.13. The predicted molar refractivity (Wildman–Crippen MR) is 105 cm³/mol. The van der Waals surface area contributed by atoms with Crippen LogP contribution in [0.15, 0.2) is 24.3 Å². The normalized spacial score (nSPS) is 11.1.